The number of rotatable bonds is 6. The zero-order valence-electron chi connectivity index (χ0n) is 11.9. The minimum atomic E-state index is -1.60. The van der Waals surface area contributed by atoms with Crippen molar-refractivity contribution in [1.29, 1.82) is 0 Å². The third kappa shape index (κ3) is 9.00. The Kier molecular flexibility index (Phi) is 5.79. The topological polar surface area (TPSA) is 27.7 Å². The molecule has 3 nitrogen and oxygen atoms in total. The number of ether oxygens (including phenoxy) is 1. The highest BCUT2D eigenvalue weighted by molar-refractivity contribution is 6.70. The van der Waals surface area contributed by atoms with E-state index in [2.05, 4.69) is 39.3 Å². The Balaban J connectivity index is 4.46. The van der Waals surface area contributed by atoms with Crippen LogP contribution in [0.3, 0.4) is 0 Å². The van der Waals surface area contributed by atoms with Crippen LogP contribution in [0, 0.1) is 0 Å². The Bertz CT molecular complexity index is 239. The van der Waals surface area contributed by atoms with E-state index in [0.717, 1.165) is 0 Å². The van der Waals surface area contributed by atoms with Gasteiger partial charge in [0.05, 0.1) is 13.2 Å². The lowest BCUT2D eigenvalue weighted by atomic mass is 10.4. The van der Waals surface area contributed by atoms with Crippen LogP contribution in [0.15, 0.2) is 12.0 Å². The van der Waals surface area contributed by atoms with Gasteiger partial charge >= 0.3 is 0 Å². The summed E-state index contributed by atoms with van der Waals surface area (Å²) in [5, 5.41) is 0. The van der Waals surface area contributed by atoms with Crippen molar-refractivity contribution in [2.75, 3.05) is 7.11 Å². The number of methoxy groups -OCH3 is 1. The fourth-order valence-corrected chi connectivity index (χ4v) is 3.17. The van der Waals surface area contributed by atoms with Crippen molar-refractivity contribution >= 4 is 16.6 Å². The largest absolute Gasteiger partial charge is 0.520 e. The molecule has 0 unspecified atom stereocenters. The molecule has 0 amide bonds. The first-order chi connectivity index (χ1) is 7.03. The number of hydrogen-bond donors (Lipinski definition) is 0. The molecule has 96 valence electrons. The van der Waals surface area contributed by atoms with Gasteiger partial charge in [0.2, 0.25) is 8.32 Å². The van der Waals surface area contributed by atoms with Crippen molar-refractivity contribution in [3.05, 3.63) is 12.0 Å². The van der Waals surface area contributed by atoms with Crippen molar-refractivity contribution < 1.29 is 13.6 Å². The summed E-state index contributed by atoms with van der Waals surface area (Å²) in [4.78, 5) is 0. The van der Waals surface area contributed by atoms with Crippen LogP contribution < -0.4 is 0 Å². The fourth-order valence-electron chi connectivity index (χ4n) is 1.23. The summed E-state index contributed by atoms with van der Waals surface area (Å²) >= 11 is 0. The molecule has 0 heterocycles. The summed E-state index contributed by atoms with van der Waals surface area (Å²) in [7, 11) is -1.47. The molecule has 0 aromatic rings. The van der Waals surface area contributed by atoms with E-state index in [1.54, 1.807) is 7.11 Å². The molecule has 5 heteroatoms. The summed E-state index contributed by atoms with van der Waals surface area (Å²) in [6.45, 7) is 14.9. The Morgan fingerprint density at radius 2 is 1.50 bits per heavy atom. The molecule has 0 aromatic heterocycles. The average molecular weight is 262 g/mol. The summed E-state index contributed by atoms with van der Waals surface area (Å²) < 4.78 is 16.9. The second-order valence-electron chi connectivity index (χ2n) is 5.84. The van der Waals surface area contributed by atoms with Crippen LogP contribution in [0.5, 0.6) is 0 Å². The predicted octanol–water partition coefficient (Wildman–Crippen LogP) is 3.57. The molecular formula is C11H26O3Si2. The molecule has 0 saturated heterocycles. The molecule has 0 aromatic carbocycles. The maximum absolute atomic E-state index is 5.90. The van der Waals surface area contributed by atoms with Crippen molar-refractivity contribution in [2.45, 2.75) is 52.3 Å². The molecule has 1 atom stereocenters. The molecule has 0 fully saturated rings. The van der Waals surface area contributed by atoms with Crippen molar-refractivity contribution in [1.82, 2.24) is 0 Å². The normalized spacial score (nSPS) is 15.9. The quantitative estimate of drug-likeness (QED) is 0.541. The summed E-state index contributed by atoms with van der Waals surface area (Å²) in [6, 6.07) is 0. The van der Waals surface area contributed by atoms with Crippen molar-refractivity contribution in [3.8, 4) is 0 Å². The highest BCUT2D eigenvalue weighted by Crippen LogP contribution is 2.14. The van der Waals surface area contributed by atoms with Gasteiger partial charge in [-0.05, 0) is 46.2 Å². The number of hydrogen-bond acceptors (Lipinski definition) is 3. The maximum atomic E-state index is 5.90. The molecule has 0 rings (SSSR count). The standard InChI is InChI=1S/C11H26O3Si2/c1-10(13-15(3,4)5)9-11(12-2)14-16(6,7)8/h9-10H,1-8H3/t10-/m1/s1. The Morgan fingerprint density at radius 3 is 1.81 bits per heavy atom. The van der Waals surface area contributed by atoms with Gasteiger partial charge in [-0.3, -0.25) is 0 Å². The van der Waals surface area contributed by atoms with Crippen molar-refractivity contribution in [2.24, 2.45) is 0 Å². The van der Waals surface area contributed by atoms with Gasteiger partial charge in [-0.15, -0.1) is 0 Å². The highest BCUT2D eigenvalue weighted by atomic mass is 28.4. The van der Waals surface area contributed by atoms with Crippen LogP contribution in [-0.4, -0.2) is 29.8 Å². The molecule has 0 aliphatic rings. The first-order valence-corrected chi connectivity index (χ1v) is 12.5. The summed E-state index contributed by atoms with van der Waals surface area (Å²) in [5.41, 5.74) is 0. The zero-order valence-corrected chi connectivity index (χ0v) is 13.9. The van der Waals surface area contributed by atoms with Gasteiger partial charge < -0.3 is 13.6 Å². The van der Waals surface area contributed by atoms with Crippen LogP contribution in [0.4, 0.5) is 0 Å². The fraction of sp³-hybridized carbons (Fsp3) is 0.818. The van der Waals surface area contributed by atoms with Crippen LogP contribution >= 0.6 is 0 Å². The zero-order chi connectivity index (χ0) is 13.0. The van der Waals surface area contributed by atoms with E-state index in [1.807, 2.05) is 13.0 Å². The average Bonchev–Trinajstić information content (AvgIpc) is 1.96. The van der Waals surface area contributed by atoms with E-state index in [0.29, 0.717) is 5.95 Å². The van der Waals surface area contributed by atoms with Crippen LogP contribution in [0.1, 0.15) is 6.92 Å². The molecule has 0 aliphatic carbocycles. The predicted molar refractivity (Wildman–Crippen MR) is 73.4 cm³/mol. The van der Waals surface area contributed by atoms with Gasteiger partial charge in [0, 0.05) is 6.08 Å². The Labute approximate surface area is 102 Å². The SMILES string of the molecule is COC(=C[C@@H](C)O[Si](C)(C)C)O[Si](C)(C)C. The van der Waals surface area contributed by atoms with Gasteiger partial charge in [-0.25, -0.2) is 0 Å². The smallest absolute Gasteiger partial charge is 0.263 e. The molecule has 0 aliphatic heterocycles. The maximum Gasteiger partial charge on any atom is 0.263 e. The van der Waals surface area contributed by atoms with Gasteiger partial charge in [0.1, 0.15) is 0 Å². The molecule has 16 heavy (non-hydrogen) atoms. The molecule has 0 saturated carbocycles. The first kappa shape index (κ1) is 15.7. The molecule has 0 radical (unpaired) electrons. The summed E-state index contributed by atoms with van der Waals surface area (Å²) in [5.74, 6) is 0.588. The van der Waals surface area contributed by atoms with Crippen molar-refractivity contribution in [3.63, 3.8) is 0 Å². The lowest BCUT2D eigenvalue weighted by Gasteiger charge is -2.24. The lowest BCUT2D eigenvalue weighted by molar-refractivity contribution is 0.137. The monoisotopic (exact) mass is 262 g/mol. The van der Waals surface area contributed by atoms with E-state index in [4.69, 9.17) is 13.6 Å². The van der Waals surface area contributed by atoms with E-state index in [9.17, 15) is 0 Å². The minimum absolute atomic E-state index is 0.0398. The first-order valence-electron chi connectivity index (χ1n) is 5.66. The van der Waals surface area contributed by atoms with Crippen LogP contribution in [0.2, 0.25) is 39.3 Å². The van der Waals surface area contributed by atoms with Crippen LogP contribution in [0.25, 0.3) is 0 Å². The molecule has 0 spiro atoms. The second kappa shape index (κ2) is 5.88. The van der Waals surface area contributed by atoms with E-state index in [-0.39, 0.29) is 6.10 Å². The molecular weight excluding hydrogens is 236 g/mol. The van der Waals surface area contributed by atoms with E-state index < -0.39 is 16.6 Å². The van der Waals surface area contributed by atoms with Crippen LogP contribution in [-0.2, 0) is 13.6 Å². The van der Waals surface area contributed by atoms with Gasteiger partial charge in [-0.2, -0.15) is 0 Å². The third-order valence-corrected chi connectivity index (χ3v) is 3.41. The summed E-state index contributed by atoms with van der Waals surface area (Å²) in [6.07, 6.45) is 1.95. The van der Waals surface area contributed by atoms with E-state index >= 15 is 0 Å². The third-order valence-electron chi connectivity index (χ3n) is 1.52. The lowest BCUT2D eigenvalue weighted by Crippen LogP contribution is -2.30. The molecule has 0 N–H and O–H groups in total. The molecule has 0 bridgehead atoms. The minimum Gasteiger partial charge on any atom is -0.520 e. The van der Waals surface area contributed by atoms with Gasteiger partial charge in [-0.1, -0.05) is 0 Å². The Morgan fingerprint density at radius 1 is 1.00 bits per heavy atom. The van der Waals surface area contributed by atoms with E-state index in [1.165, 1.54) is 0 Å². The highest BCUT2D eigenvalue weighted by Gasteiger charge is 2.21. The Hall–Kier alpha value is -0.266. The second-order valence-corrected chi connectivity index (χ2v) is 14.7. The van der Waals surface area contributed by atoms with Gasteiger partial charge in [0.15, 0.2) is 8.32 Å². The van der Waals surface area contributed by atoms with Gasteiger partial charge in [0.25, 0.3) is 5.95 Å².